The van der Waals surface area contributed by atoms with Gasteiger partial charge in [-0.3, -0.25) is 14.4 Å². The Morgan fingerprint density at radius 1 is 1.14 bits per heavy atom. The second kappa shape index (κ2) is 10.00. The Morgan fingerprint density at radius 2 is 1.97 bits per heavy atom. The Hall–Kier alpha value is -2.68. The average Bonchev–Trinajstić information content (AvgIpc) is 3.21. The number of cyclic esters (lactones) is 1. The van der Waals surface area contributed by atoms with E-state index in [-0.39, 0.29) is 31.6 Å². The van der Waals surface area contributed by atoms with E-state index in [1.807, 2.05) is 43.4 Å². The first-order valence-corrected chi connectivity index (χ1v) is 12.9. The minimum absolute atomic E-state index is 0.0657. The molecule has 36 heavy (non-hydrogen) atoms. The predicted octanol–water partition coefficient (Wildman–Crippen LogP) is 2.80. The molecule has 2 amide bonds. The summed E-state index contributed by atoms with van der Waals surface area (Å²) in [6.07, 6.45) is 9.22. The molecule has 1 unspecified atom stereocenters. The maximum Gasteiger partial charge on any atom is 0.312 e. The highest BCUT2D eigenvalue weighted by Crippen LogP contribution is 2.53. The lowest BCUT2D eigenvalue weighted by Crippen LogP contribution is -2.55. The lowest BCUT2D eigenvalue weighted by Gasteiger charge is -2.36. The summed E-state index contributed by atoms with van der Waals surface area (Å²) in [4.78, 5) is 44.6. The number of unbranched alkanes of at least 4 members (excludes halogenated alkanes) is 2. The number of benzene rings is 1. The van der Waals surface area contributed by atoms with Crippen molar-refractivity contribution >= 4 is 35.1 Å². The van der Waals surface area contributed by atoms with Crippen LogP contribution in [0.3, 0.4) is 0 Å². The maximum absolute atomic E-state index is 14.3. The number of carbonyl (C=O) groups excluding carboxylic acids is 3. The summed E-state index contributed by atoms with van der Waals surface area (Å²) in [5, 5.41) is 9.63. The molecule has 5 rings (SSSR count). The number of rotatable bonds is 6. The van der Waals surface area contributed by atoms with Gasteiger partial charge in [0.2, 0.25) is 5.91 Å². The fourth-order valence-electron chi connectivity index (χ4n) is 6.08. The van der Waals surface area contributed by atoms with Gasteiger partial charge in [-0.25, -0.2) is 0 Å². The minimum atomic E-state index is -1.29. The van der Waals surface area contributed by atoms with Crippen molar-refractivity contribution in [1.82, 2.24) is 4.90 Å². The third kappa shape index (κ3) is 3.96. The number of likely N-dealkylation sites (tertiary alicyclic amines) is 1. The van der Waals surface area contributed by atoms with E-state index in [0.29, 0.717) is 42.9 Å². The predicted molar refractivity (Wildman–Crippen MR) is 133 cm³/mol. The minimum Gasteiger partial charge on any atom is -0.465 e. The number of ether oxygens (including phenoxy) is 2. The smallest absolute Gasteiger partial charge is 0.312 e. The standard InChI is InChI=1S/C27H31ClN2O6/c1-17-9-7-10-18(28)22(17)29-14-8-12-27-21(20-19(36-27)11-3-6-16-35-26(20)34)24(32)30(23(27)25(29)33)13-4-2-5-15-31/h3,7-12,19-21,23,31H,2,4-6,13-16H2,1H3/t19-,20+,21+,23?,27+/m1/s1. The summed E-state index contributed by atoms with van der Waals surface area (Å²) in [7, 11) is 0. The quantitative estimate of drug-likeness (QED) is 0.356. The second-order valence-electron chi connectivity index (χ2n) is 9.80. The Kier molecular flexibility index (Phi) is 6.94. The van der Waals surface area contributed by atoms with Crippen LogP contribution in [0.2, 0.25) is 5.02 Å². The number of aliphatic hydroxyl groups excluding tert-OH is 1. The molecular weight excluding hydrogens is 484 g/mol. The number of hydrogen-bond acceptors (Lipinski definition) is 6. The van der Waals surface area contributed by atoms with Crippen LogP contribution in [-0.4, -0.2) is 71.8 Å². The van der Waals surface area contributed by atoms with Crippen LogP contribution in [0.1, 0.15) is 31.2 Å². The number of anilines is 1. The molecule has 5 atom stereocenters. The van der Waals surface area contributed by atoms with Gasteiger partial charge in [0.25, 0.3) is 5.91 Å². The number of nitrogens with zero attached hydrogens (tertiary/aromatic N) is 2. The largest absolute Gasteiger partial charge is 0.465 e. The molecule has 9 heteroatoms. The number of aliphatic hydroxyl groups is 1. The van der Waals surface area contributed by atoms with E-state index in [4.69, 9.17) is 21.1 Å². The van der Waals surface area contributed by atoms with Crippen LogP contribution in [0.25, 0.3) is 0 Å². The molecular formula is C27H31ClN2O6. The molecule has 0 aliphatic carbocycles. The molecule has 1 aromatic carbocycles. The summed E-state index contributed by atoms with van der Waals surface area (Å²) in [5.74, 6) is -2.73. The number of fused-ring (bicyclic) bond motifs is 2. The zero-order chi connectivity index (χ0) is 25.4. The van der Waals surface area contributed by atoms with E-state index >= 15 is 0 Å². The van der Waals surface area contributed by atoms with Crippen LogP contribution < -0.4 is 4.90 Å². The van der Waals surface area contributed by atoms with Gasteiger partial charge in [-0.2, -0.15) is 0 Å². The van der Waals surface area contributed by atoms with Crippen molar-refractivity contribution in [2.75, 3.05) is 31.2 Å². The highest BCUT2D eigenvalue weighted by molar-refractivity contribution is 6.34. The van der Waals surface area contributed by atoms with Gasteiger partial charge in [-0.15, -0.1) is 0 Å². The SMILES string of the molecule is Cc1cccc(Cl)c1N1CC=C[C@]23O[C@@H]4C=CCCOC(=O)[C@@H]4[C@H]2C(=O)N(CCCCCO)C3C1=O. The number of amides is 2. The van der Waals surface area contributed by atoms with Gasteiger partial charge in [0, 0.05) is 19.7 Å². The Labute approximate surface area is 215 Å². The number of esters is 1. The van der Waals surface area contributed by atoms with Crippen LogP contribution >= 0.6 is 11.6 Å². The molecule has 192 valence electrons. The highest BCUT2D eigenvalue weighted by Gasteiger charge is 2.71. The van der Waals surface area contributed by atoms with Crippen molar-refractivity contribution in [2.45, 2.75) is 50.4 Å². The van der Waals surface area contributed by atoms with Crippen LogP contribution in [0.5, 0.6) is 0 Å². The van der Waals surface area contributed by atoms with E-state index in [1.54, 1.807) is 15.9 Å². The summed E-state index contributed by atoms with van der Waals surface area (Å²) in [5.41, 5.74) is 0.152. The normalized spacial score (nSPS) is 31.5. The van der Waals surface area contributed by atoms with Crippen molar-refractivity contribution in [3.63, 3.8) is 0 Å². The molecule has 4 aliphatic rings. The lowest BCUT2D eigenvalue weighted by atomic mass is 9.77. The molecule has 0 radical (unpaired) electrons. The highest BCUT2D eigenvalue weighted by atomic mass is 35.5. The third-order valence-electron chi connectivity index (χ3n) is 7.64. The molecule has 8 nitrogen and oxygen atoms in total. The fraction of sp³-hybridized carbons (Fsp3) is 0.519. The van der Waals surface area contributed by atoms with E-state index in [0.717, 1.165) is 5.56 Å². The monoisotopic (exact) mass is 514 g/mol. The van der Waals surface area contributed by atoms with E-state index in [2.05, 4.69) is 0 Å². The number of para-hydroxylation sites is 1. The van der Waals surface area contributed by atoms with Crippen molar-refractivity contribution in [1.29, 1.82) is 0 Å². The van der Waals surface area contributed by atoms with Crippen molar-refractivity contribution < 1.29 is 29.0 Å². The van der Waals surface area contributed by atoms with Crippen LogP contribution in [0, 0.1) is 18.8 Å². The number of carbonyl (C=O) groups is 3. The molecule has 1 aromatic rings. The van der Waals surface area contributed by atoms with Crippen molar-refractivity contribution in [2.24, 2.45) is 11.8 Å². The van der Waals surface area contributed by atoms with Gasteiger partial charge >= 0.3 is 5.97 Å². The molecule has 0 aromatic heterocycles. The average molecular weight is 515 g/mol. The topological polar surface area (TPSA) is 96.4 Å². The first kappa shape index (κ1) is 25.0. The molecule has 1 N–H and O–H groups in total. The second-order valence-corrected chi connectivity index (χ2v) is 10.2. The molecule has 2 fully saturated rings. The lowest BCUT2D eigenvalue weighted by molar-refractivity contribution is -0.154. The van der Waals surface area contributed by atoms with Gasteiger partial charge < -0.3 is 24.4 Å². The Balaban J connectivity index is 1.59. The van der Waals surface area contributed by atoms with E-state index < -0.39 is 35.6 Å². The Morgan fingerprint density at radius 3 is 2.75 bits per heavy atom. The van der Waals surface area contributed by atoms with Crippen molar-refractivity contribution in [3.8, 4) is 0 Å². The molecule has 0 saturated carbocycles. The fourth-order valence-corrected chi connectivity index (χ4v) is 6.41. The van der Waals surface area contributed by atoms with Crippen LogP contribution in [0.4, 0.5) is 5.69 Å². The summed E-state index contributed by atoms with van der Waals surface area (Å²) in [6.45, 7) is 2.79. The first-order valence-electron chi connectivity index (χ1n) is 12.6. The zero-order valence-electron chi connectivity index (χ0n) is 20.3. The molecule has 4 heterocycles. The number of aryl methyl sites for hydroxylation is 1. The first-order chi connectivity index (χ1) is 17.4. The maximum atomic E-state index is 14.3. The van der Waals surface area contributed by atoms with Crippen LogP contribution in [-0.2, 0) is 23.9 Å². The van der Waals surface area contributed by atoms with Crippen LogP contribution in [0.15, 0.2) is 42.5 Å². The van der Waals surface area contributed by atoms with Crippen molar-refractivity contribution in [3.05, 3.63) is 53.1 Å². The van der Waals surface area contributed by atoms with E-state index in [1.165, 1.54) is 0 Å². The summed E-state index contributed by atoms with van der Waals surface area (Å²) < 4.78 is 12.0. The molecule has 0 bridgehead atoms. The van der Waals surface area contributed by atoms with Gasteiger partial charge in [0.15, 0.2) is 0 Å². The molecule has 1 spiro atoms. The van der Waals surface area contributed by atoms with Gasteiger partial charge in [-0.05, 0) is 44.2 Å². The van der Waals surface area contributed by atoms with E-state index in [9.17, 15) is 19.5 Å². The van der Waals surface area contributed by atoms with Gasteiger partial charge in [-0.1, -0.05) is 48.0 Å². The summed E-state index contributed by atoms with van der Waals surface area (Å²) >= 11 is 6.55. The Bertz CT molecular complexity index is 1100. The summed E-state index contributed by atoms with van der Waals surface area (Å²) in [6, 6.07) is 4.51. The zero-order valence-corrected chi connectivity index (χ0v) is 21.0. The van der Waals surface area contributed by atoms with Gasteiger partial charge in [0.1, 0.15) is 17.6 Å². The molecule has 2 saturated heterocycles. The number of hydrogen-bond donors (Lipinski definition) is 1. The number of halogens is 1. The third-order valence-corrected chi connectivity index (χ3v) is 7.94. The van der Waals surface area contributed by atoms with Gasteiger partial charge in [0.05, 0.1) is 29.3 Å². The molecule has 4 aliphatic heterocycles.